The molecule has 96 valence electrons. The highest BCUT2D eigenvalue weighted by molar-refractivity contribution is 7.20. The standard InChI is InChI=1S/C10H14Cl2N2O2S/c1-6(15)5-13-2-3-14-10(16)7-4-8(11)17-9(7)12/h4,6,13,15H,2-3,5H2,1H3,(H,14,16). The van der Waals surface area contributed by atoms with Gasteiger partial charge in [0.15, 0.2) is 0 Å². The van der Waals surface area contributed by atoms with Crippen LogP contribution in [0.5, 0.6) is 0 Å². The van der Waals surface area contributed by atoms with Gasteiger partial charge in [0.05, 0.1) is 16.0 Å². The average molecular weight is 297 g/mol. The zero-order valence-corrected chi connectivity index (χ0v) is 11.6. The van der Waals surface area contributed by atoms with Crippen LogP contribution in [0.15, 0.2) is 6.07 Å². The van der Waals surface area contributed by atoms with Crippen molar-refractivity contribution < 1.29 is 9.90 Å². The minimum absolute atomic E-state index is 0.239. The lowest BCUT2D eigenvalue weighted by atomic mass is 10.3. The summed E-state index contributed by atoms with van der Waals surface area (Å²) in [5, 5.41) is 14.7. The Morgan fingerprint density at radius 2 is 2.24 bits per heavy atom. The highest BCUT2D eigenvalue weighted by atomic mass is 35.5. The van der Waals surface area contributed by atoms with Gasteiger partial charge in [0.1, 0.15) is 4.34 Å². The molecule has 0 radical (unpaired) electrons. The Kier molecular flexibility index (Phi) is 6.22. The van der Waals surface area contributed by atoms with Gasteiger partial charge in [-0.15, -0.1) is 11.3 Å². The van der Waals surface area contributed by atoms with Crippen molar-refractivity contribution in [1.82, 2.24) is 10.6 Å². The lowest BCUT2D eigenvalue weighted by molar-refractivity contribution is 0.0954. The number of halogens is 2. The molecule has 1 aromatic heterocycles. The lowest BCUT2D eigenvalue weighted by Crippen LogP contribution is -2.34. The number of rotatable bonds is 6. The summed E-state index contributed by atoms with van der Waals surface area (Å²) < 4.78 is 0.886. The van der Waals surface area contributed by atoms with Crippen LogP contribution in [0.25, 0.3) is 0 Å². The Morgan fingerprint density at radius 3 is 2.76 bits per heavy atom. The van der Waals surface area contributed by atoms with E-state index >= 15 is 0 Å². The molecule has 0 spiro atoms. The fourth-order valence-electron chi connectivity index (χ4n) is 1.17. The van der Waals surface area contributed by atoms with Gasteiger partial charge in [-0.3, -0.25) is 4.79 Å². The van der Waals surface area contributed by atoms with E-state index in [2.05, 4.69) is 10.6 Å². The summed E-state index contributed by atoms with van der Waals surface area (Å²) in [5.41, 5.74) is 0.400. The minimum atomic E-state index is -0.393. The third kappa shape index (κ3) is 5.23. The molecular formula is C10H14Cl2N2O2S. The first-order chi connectivity index (χ1) is 8.00. The summed E-state index contributed by atoms with van der Waals surface area (Å²) in [4.78, 5) is 11.7. The van der Waals surface area contributed by atoms with Crippen LogP contribution < -0.4 is 10.6 Å². The molecule has 4 nitrogen and oxygen atoms in total. The molecule has 1 rings (SSSR count). The fraction of sp³-hybridized carbons (Fsp3) is 0.500. The Bertz CT molecular complexity index is 382. The second-order valence-corrected chi connectivity index (χ2v) is 5.83. The van der Waals surface area contributed by atoms with Gasteiger partial charge >= 0.3 is 0 Å². The second kappa shape index (κ2) is 7.18. The van der Waals surface area contributed by atoms with Crippen molar-refractivity contribution in [2.45, 2.75) is 13.0 Å². The van der Waals surface area contributed by atoms with E-state index in [1.807, 2.05) is 0 Å². The molecule has 0 aliphatic rings. The molecule has 1 atom stereocenters. The summed E-state index contributed by atoms with van der Waals surface area (Å²) in [5.74, 6) is -0.239. The molecule has 0 aliphatic carbocycles. The molecule has 0 aromatic carbocycles. The van der Waals surface area contributed by atoms with Gasteiger partial charge in [0, 0.05) is 19.6 Å². The van der Waals surface area contributed by atoms with Crippen molar-refractivity contribution in [2.75, 3.05) is 19.6 Å². The zero-order valence-electron chi connectivity index (χ0n) is 9.30. The topological polar surface area (TPSA) is 61.4 Å². The molecule has 1 aromatic rings. The summed E-state index contributed by atoms with van der Waals surface area (Å²) in [6, 6.07) is 1.55. The third-order valence-corrected chi connectivity index (χ3v) is 3.42. The molecule has 1 heterocycles. The van der Waals surface area contributed by atoms with E-state index in [0.717, 1.165) is 0 Å². The SMILES string of the molecule is CC(O)CNCCNC(=O)c1cc(Cl)sc1Cl. The third-order valence-electron chi connectivity index (χ3n) is 1.93. The van der Waals surface area contributed by atoms with Gasteiger partial charge in [-0.1, -0.05) is 23.2 Å². The van der Waals surface area contributed by atoms with Crippen molar-refractivity contribution in [2.24, 2.45) is 0 Å². The fourth-order valence-corrected chi connectivity index (χ4v) is 2.62. The Labute approximate surface area is 114 Å². The molecular weight excluding hydrogens is 283 g/mol. The number of nitrogens with one attached hydrogen (secondary N) is 2. The number of hydrogen-bond acceptors (Lipinski definition) is 4. The van der Waals surface area contributed by atoms with Crippen LogP contribution in [-0.4, -0.2) is 36.8 Å². The average Bonchev–Trinajstić information content (AvgIpc) is 2.56. The first-order valence-corrected chi connectivity index (χ1v) is 6.69. The van der Waals surface area contributed by atoms with E-state index in [1.165, 1.54) is 11.3 Å². The molecule has 17 heavy (non-hydrogen) atoms. The first kappa shape index (κ1) is 14.7. The number of carbonyl (C=O) groups is 1. The maximum atomic E-state index is 11.7. The van der Waals surface area contributed by atoms with Gasteiger partial charge in [0.2, 0.25) is 0 Å². The molecule has 1 amide bonds. The molecule has 0 saturated carbocycles. The van der Waals surface area contributed by atoms with Crippen LogP contribution in [0, 0.1) is 0 Å². The second-order valence-electron chi connectivity index (χ2n) is 3.55. The summed E-state index contributed by atoms with van der Waals surface area (Å²) >= 11 is 12.8. The van der Waals surface area contributed by atoms with Crippen LogP contribution in [0.3, 0.4) is 0 Å². The van der Waals surface area contributed by atoms with Crippen molar-refractivity contribution >= 4 is 40.4 Å². The van der Waals surface area contributed by atoms with E-state index in [9.17, 15) is 4.79 Å². The van der Waals surface area contributed by atoms with E-state index in [4.69, 9.17) is 28.3 Å². The van der Waals surface area contributed by atoms with Crippen LogP contribution in [0.4, 0.5) is 0 Å². The normalized spacial score (nSPS) is 12.5. The molecule has 0 saturated heterocycles. The largest absolute Gasteiger partial charge is 0.392 e. The van der Waals surface area contributed by atoms with Crippen LogP contribution in [0.1, 0.15) is 17.3 Å². The molecule has 0 aliphatic heterocycles. The van der Waals surface area contributed by atoms with Crippen molar-refractivity contribution in [3.05, 3.63) is 20.3 Å². The maximum Gasteiger partial charge on any atom is 0.253 e. The molecule has 0 bridgehead atoms. The predicted molar refractivity (Wildman–Crippen MR) is 71.2 cm³/mol. The smallest absolute Gasteiger partial charge is 0.253 e. The van der Waals surface area contributed by atoms with Gasteiger partial charge in [-0.25, -0.2) is 0 Å². The Hall–Kier alpha value is -0.330. The number of hydrogen-bond donors (Lipinski definition) is 3. The van der Waals surface area contributed by atoms with Crippen molar-refractivity contribution in [1.29, 1.82) is 0 Å². The highest BCUT2D eigenvalue weighted by Gasteiger charge is 2.13. The van der Waals surface area contributed by atoms with Crippen LogP contribution >= 0.6 is 34.5 Å². The van der Waals surface area contributed by atoms with Crippen LogP contribution in [-0.2, 0) is 0 Å². The van der Waals surface area contributed by atoms with Gasteiger partial charge < -0.3 is 15.7 Å². The van der Waals surface area contributed by atoms with Crippen molar-refractivity contribution in [3.8, 4) is 0 Å². The van der Waals surface area contributed by atoms with Gasteiger partial charge in [0.25, 0.3) is 5.91 Å². The monoisotopic (exact) mass is 296 g/mol. The number of aliphatic hydroxyl groups excluding tert-OH is 1. The van der Waals surface area contributed by atoms with Crippen molar-refractivity contribution in [3.63, 3.8) is 0 Å². The number of carbonyl (C=O) groups excluding carboxylic acids is 1. The van der Waals surface area contributed by atoms with E-state index < -0.39 is 6.10 Å². The summed E-state index contributed by atoms with van der Waals surface area (Å²) in [6.07, 6.45) is -0.393. The number of aliphatic hydroxyl groups is 1. The number of amides is 1. The first-order valence-electron chi connectivity index (χ1n) is 5.12. The van der Waals surface area contributed by atoms with Gasteiger partial charge in [-0.05, 0) is 13.0 Å². The minimum Gasteiger partial charge on any atom is -0.392 e. The Balaban J connectivity index is 2.28. The summed E-state index contributed by atoms with van der Waals surface area (Å²) in [6.45, 7) is 3.25. The summed E-state index contributed by atoms with van der Waals surface area (Å²) in [7, 11) is 0. The predicted octanol–water partition coefficient (Wildman–Crippen LogP) is 1.76. The lowest BCUT2D eigenvalue weighted by Gasteiger charge is -2.07. The quantitative estimate of drug-likeness (QED) is 0.701. The zero-order chi connectivity index (χ0) is 12.8. The van der Waals surface area contributed by atoms with Gasteiger partial charge in [-0.2, -0.15) is 0 Å². The highest BCUT2D eigenvalue weighted by Crippen LogP contribution is 2.30. The van der Waals surface area contributed by atoms with E-state index in [-0.39, 0.29) is 5.91 Å². The molecule has 0 fully saturated rings. The molecule has 1 unspecified atom stereocenters. The Morgan fingerprint density at radius 1 is 1.53 bits per heavy atom. The van der Waals surface area contributed by atoms with Crippen LogP contribution in [0.2, 0.25) is 8.67 Å². The maximum absolute atomic E-state index is 11.7. The van der Waals surface area contributed by atoms with E-state index in [1.54, 1.807) is 13.0 Å². The van der Waals surface area contributed by atoms with E-state index in [0.29, 0.717) is 33.9 Å². The molecule has 7 heteroatoms. The number of thiophene rings is 1. The molecule has 3 N–H and O–H groups in total.